The van der Waals surface area contributed by atoms with Crippen molar-refractivity contribution in [3.8, 4) is 0 Å². The Labute approximate surface area is 226 Å². The van der Waals surface area contributed by atoms with Gasteiger partial charge in [0.25, 0.3) is 17.7 Å². The number of aromatic amines is 3. The van der Waals surface area contributed by atoms with Gasteiger partial charge in [-0.05, 0) is 45.3 Å². The summed E-state index contributed by atoms with van der Waals surface area (Å²) in [5, 5.41) is 2.73. The van der Waals surface area contributed by atoms with Gasteiger partial charge in [0.2, 0.25) is 0 Å². The van der Waals surface area contributed by atoms with Crippen molar-refractivity contribution < 1.29 is 19.2 Å². The molecule has 4 N–H and O–H groups in total. The largest absolute Gasteiger partial charge is 0.355 e. The minimum Gasteiger partial charge on any atom is -0.355 e. The van der Waals surface area contributed by atoms with E-state index in [-0.39, 0.29) is 29.4 Å². The van der Waals surface area contributed by atoms with Gasteiger partial charge in [-0.3, -0.25) is 14.4 Å². The molecular weight excluding hydrogens is 502 g/mol. The standard InChI is InChI=1S/C26H35N9O4/c1-31(2)7-6-8-32(3)23(36)21-12-18(15-28-21)34(5)25(38)22-13-19(16-29-22)33(4)24(37)20-11-17(14-27-20)30-26(39)35-9-10-35/h11-16,27-29H,6-10H2,1-5H3,(H,30,39). The topological polar surface area (TPSA) is 144 Å². The van der Waals surface area contributed by atoms with Gasteiger partial charge in [0.15, 0.2) is 0 Å². The number of hydrogen-bond acceptors (Lipinski definition) is 5. The van der Waals surface area contributed by atoms with E-state index in [2.05, 4.69) is 25.2 Å². The maximum atomic E-state index is 13.1. The summed E-state index contributed by atoms with van der Waals surface area (Å²) in [6.45, 7) is 2.96. The van der Waals surface area contributed by atoms with Gasteiger partial charge in [-0.2, -0.15) is 0 Å². The van der Waals surface area contributed by atoms with Gasteiger partial charge in [0.05, 0.1) is 17.1 Å². The molecule has 208 valence electrons. The van der Waals surface area contributed by atoms with Crippen LogP contribution in [0.25, 0.3) is 0 Å². The number of rotatable bonds is 10. The molecule has 3 aromatic rings. The zero-order valence-corrected chi connectivity index (χ0v) is 22.9. The van der Waals surface area contributed by atoms with Crippen LogP contribution in [-0.4, -0.2) is 115 Å². The second-order valence-electron chi connectivity index (χ2n) is 9.87. The number of H-pyrrole nitrogens is 3. The van der Waals surface area contributed by atoms with Crippen LogP contribution < -0.4 is 15.1 Å². The number of nitrogens with zero attached hydrogens (tertiary/aromatic N) is 5. The first-order valence-corrected chi connectivity index (χ1v) is 12.6. The number of hydrogen-bond donors (Lipinski definition) is 4. The molecule has 13 nitrogen and oxygen atoms in total. The van der Waals surface area contributed by atoms with Gasteiger partial charge >= 0.3 is 6.03 Å². The molecule has 0 aliphatic carbocycles. The lowest BCUT2D eigenvalue weighted by Crippen LogP contribution is -2.30. The Morgan fingerprint density at radius 1 is 0.744 bits per heavy atom. The van der Waals surface area contributed by atoms with Crippen molar-refractivity contribution in [2.75, 3.05) is 76.5 Å². The van der Waals surface area contributed by atoms with Crippen LogP contribution in [0.2, 0.25) is 0 Å². The fourth-order valence-electron chi connectivity index (χ4n) is 3.97. The highest BCUT2D eigenvalue weighted by atomic mass is 16.2. The highest BCUT2D eigenvalue weighted by Gasteiger charge is 2.25. The zero-order chi connectivity index (χ0) is 28.3. The van der Waals surface area contributed by atoms with Crippen LogP contribution in [0.3, 0.4) is 0 Å². The first-order valence-electron chi connectivity index (χ1n) is 12.6. The van der Waals surface area contributed by atoms with Gasteiger partial charge in [-0.25, -0.2) is 4.79 Å². The van der Waals surface area contributed by atoms with Gasteiger partial charge in [-0.15, -0.1) is 0 Å². The second-order valence-corrected chi connectivity index (χ2v) is 9.87. The van der Waals surface area contributed by atoms with E-state index in [9.17, 15) is 19.2 Å². The number of anilines is 3. The van der Waals surface area contributed by atoms with E-state index < -0.39 is 0 Å². The Morgan fingerprint density at radius 3 is 1.79 bits per heavy atom. The SMILES string of the molecule is CN(C)CCCN(C)C(=O)c1cc(N(C)C(=O)c2cc(N(C)C(=O)c3cc(NC(=O)N4CC4)c[nH]3)c[nH]2)c[nH]1. The van der Waals surface area contributed by atoms with Gasteiger partial charge in [0, 0.05) is 59.4 Å². The number of aromatic nitrogens is 3. The van der Waals surface area contributed by atoms with E-state index in [0.29, 0.717) is 35.0 Å². The summed E-state index contributed by atoms with van der Waals surface area (Å²) in [6, 6.07) is 4.59. The lowest BCUT2D eigenvalue weighted by Gasteiger charge is -2.18. The molecule has 1 fully saturated rings. The van der Waals surface area contributed by atoms with Gasteiger partial charge < -0.3 is 44.8 Å². The Bertz CT molecular complexity index is 1350. The van der Waals surface area contributed by atoms with E-state index in [1.807, 2.05) is 14.1 Å². The predicted octanol–water partition coefficient (Wildman–Crippen LogP) is 2.10. The minimum atomic E-state index is -0.336. The van der Waals surface area contributed by atoms with E-state index >= 15 is 0 Å². The smallest absolute Gasteiger partial charge is 0.322 e. The fourth-order valence-corrected chi connectivity index (χ4v) is 3.97. The number of urea groups is 1. The van der Waals surface area contributed by atoms with Crippen LogP contribution in [-0.2, 0) is 0 Å². The number of carbonyl (C=O) groups excluding carboxylic acids is 4. The zero-order valence-electron chi connectivity index (χ0n) is 22.9. The van der Waals surface area contributed by atoms with Crippen molar-refractivity contribution in [1.82, 2.24) is 29.7 Å². The summed E-state index contributed by atoms with van der Waals surface area (Å²) in [6.07, 6.45) is 5.59. The van der Waals surface area contributed by atoms with Crippen LogP contribution in [0.5, 0.6) is 0 Å². The van der Waals surface area contributed by atoms with Crippen molar-refractivity contribution in [3.63, 3.8) is 0 Å². The molecule has 1 saturated heterocycles. The Hall–Kier alpha value is -4.52. The van der Waals surface area contributed by atoms with E-state index in [4.69, 9.17) is 0 Å². The molecule has 1 aliphatic heterocycles. The summed E-state index contributed by atoms with van der Waals surface area (Å²) >= 11 is 0. The molecule has 13 heteroatoms. The molecule has 4 rings (SSSR count). The molecule has 3 aromatic heterocycles. The third-order valence-electron chi connectivity index (χ3n) is 6.52. The molecule has 39 heavy (non-hydrogen) atoms. The summed E-state index contributed by atoms with van der Waals surface area (Å²) in [7, 11) is 8.94. The first kappa shape index (κ1) is 27.5. The molecule has 5 amide bonds. The van der Waals surface area contributed by atoms with Crippen molar-refractivity contribution in [1.29, 1.82) is 0 Å². The average molecular weight is 538 g/mol. The highest BCUT2D eigenvalue weighted by Crippen LogP contribution is 2.22. The highest BCUT2D eigenvalue weighted by molar-refractivity contribution is 6.08. The molecule has 0 radical (unpaired) electrons. The molecule has 0 unspecified atom stereocenters. The first-order chi connectivity index (χ1) is 18.5. The van der Waals surface area contributed by atoms with Crippen molar-refractivity contribution >= 4 is 40.8 Å². The van der Waals surface area contributed by atoms with Crippen LogP contribution in [0, 0.1) is 0 Å². The summed E-state index contributed by atoms with van der Waals surface area (Å²) in [5.74, 6) is -0.823. The van der Waals surface area contributed by atoms with Gasteiger partial charge in [-0.1, -0.05) is 0 Å². The second kappa shape index (κ2) is 11.5. The van der Waals surface area contributed by atoms with Crippen molar-refractivity contribution in [2.24, 2.45) is 0 Å². The summed E-state index contributed by atoms with van der Waals surface area (Å²) in [4.78, 5) is 67.7. The quantitative estimate of drug-likeness (QED) is 0.293. The minimum absolute atomic E-state index is 0.153. The Kier molecular flexibility index (Phi) is 8.10. The Balaban J connectivity index is 1.36. The van der Waals surface area contributed by atoms with Crippen LogP contribution in [0.1, 0.15) is 37.9 Å². The molecule has 0 atom stereocenters. The number of amides is 5. The van der Waals surface area contributed by atoms with E-state index in [1.54, 1.807) is 67.7 Å². The van der Waals surface area contributed by atoms with Crippen LogP contribution in [0.4, 0.5) is 21.9 Å². The molecular formula is C26H35N9O4. The maximum absolute atomic E-state index is 13.1. The molecule has 0 aromatic carbocycles. The number of nitrogens with one attached hydrogen (secondary N) is 4. The van der Waals surface area contributed by atoms with Crippen molar-refractivity contribution in [3.05, 3.63) is 53.9 Å². The van der Waals surface area contributed by atoms with Crippen molar-refractivity contribution in [2.45, 2.75) is 6.42 Å². The molecule has 0 saturated carbocycles. The number of carbonyl (C=O) groups is 4. The third kappa shape index (κ3) is 6.49. The molecule has 1 aliphatic rings. The average Bonchev–Trinajstić information content (AvgIpc) is 3.28. The van der Waals surface area contributed by atoms with Crippen LogP contribution >= 0.6 is 0 Å². The predicted molar refractivity (Wildman–Crippen MR) is 149 cm³/mol. The molecule has 0 spiro atoms. The maximum Gasteiger partial charge on any atom is 0.322 e. The molecule has 0 bridgehead atoms. The lowest BCUT2D eigenvalue weighted by atomic mass is 10.3. The molecule has 4 heterocycles. The Morgan fingerprint density at radius 2 is 1.26 bits per heavy atom. The van der Waals surface area contributed by atoms with E-state index in [0.717, 1.165) is 26.1 Å². The van der Waals surface area contributed by atoms with Crippen LogP contribution in [0.15, 0.2) is 36.8 Å². The van der Waals surface area contributed by atoms with Gasteiger partial charge in [0.1, 0.15) is 17.1 Å². The third-order valence-corrected chi connectivity index (χ3v) is 6.52. The monoisotopic (exact) mass is 537 g/mol. The lowest BCUT2D eigenvalue weighted by molar-refractivity contribution is 0.0785. The fraction of sp³-hybridized carbons (Fsp3) is 0.385. The van der Waals surface area contributed by atoms with E-state index in [1.165, 1.54) is 9.80 Å². The summed E-state index contributed by atoms with van der Waals surface area (Å²) < 4.78 is 0. The summed E-state index contributed by atoms with van der Waals surface area (Å²) in [5.41, 5.74) is 2.49. The normalized spacial score (nSPS) is 12.4.